The van der Waals surface area contributed by atoms with E-state index in [1.54, 1.807) is 31.3 Å². The van der Waals surface area contributed by atoms with Gasteiger partial charge in [0.15, 0.2) is 5.75 Å². The quantitative estimate of drug-likeness (QED) is 0.717. The summed E-state index contributed by atoms with van der Waals surface area (Å²) < 4.78 is 7.24. The predicted octanol–water partition coefficient (Wildman–Crippen LogP) is 0.762. The van der Waals surface area contributed by atoms with Crippen molar-refractivity contribution in [3.63, 3.8) is 0 Å². The Morgan fingerprint density at radius 3 is 3.00 bits per heavy atom. The Labute approximate surface area is 124 Å². The smallest absolute Gasteiger partial charge is 0.362 e. The average molecular weight is 300 g/mol. The van der Waals surface area contributed by atoms with E-state index in [0.717, 1.165) is 4.68 Å². The summed E-state index contributed by atoms with van der Waals surface area (Å²) >= 11 is 0. The van der Waals surface area contributed by atoms with E-state index in [0.29, 0.717) is 5.65 Å². The number of rotatable bonds is 3. The molecular weight excluding hydrogens is 288 g/mol. The molecular formula is C14H12N4O4. The Balaban J connectivity index is 2.12. The van der Waals surface area contributed by atoms with Crippen molar-refractivity contribution < 1.29 is 14.6 Å². The molecule has 0 amide bonds. The van der Waals surface area contributed by atoms with Gasteiger partial charge in [0.05, 0.1) is 19.0 Å². The van der Waals surface area contributed by atoms with Crippen LogP contribution in [0.15, 0.2) is 41.6 Å². The van der Waals surface area contributed by atoms with E-state index in [1.165, 1.54) is 16.8 Å². The van der Waals surface area contributed by atoms with Gasteiger partial charge in [-0.05, 0) is 19.1 Å². The second-order valence-electron chi connectivity index (χ2n) is 4.41. The zero-order valence-electron chi connectivity index (χ0n) is 11.6. The third kappa shape index (κ3) is 2.20. The summed E-state index contributed by atoms with van der Waals surface area (Å²) in [5.41, 5.74) is -0.0317. The van der Waals surface area contributed by atoms with Crippen LogP contribution in [0.25, 0.3) is 11.3 Å². The maximum absolute atomic E-state index is 12.4. The first-order chi connectivity index (χ1) is 10.6. The number of hydrogen-bond acceptors (Lipinski definition) is 6. The maximum atomic E-state index is 12.4. The molecule has 0 saturated carbocycles. The van der Waals surface area contributed by atoms with Gasteiger partial charge in [-0.3, -0.25) is 9.20 Å². The molecule has 8 nitrogen and oxygen atoms in total. The van der Waals surface area contributed by atoms with Crippen molar-refractivity contribution in [1.29, 1.82) is 0 Å². The van der Waals surface area contributed by atoms with Crippen LogP contribution in [0, 0.1) is 0 Å². The minimum Gasteiger partial charge on any atom is -0.504 e. The molecule has 22 heavy (non-hydrogen) atoms. The van der Waals surface area contributed by atoms with Crippen LogP contribution in [-0.4, -0.2) is 36.8 Å². The predicted molar refractivity (Wildman–Crippen MR) is 76.2 cm³/mol. The van der Waals surface area contributed by atoms with Gasteiger partial charge in [0.25, 0.3) is 5.56 Å². The number of hydrogen-bond donors (Lipinski definition) is 1. The molecule has 0 aliphatic rings. The van der Waals surface area contributed by atoms with Gasteiger partial charge in [-0.25, -0.2) is 14.5 Å². The lowest BCUT2D eigenvalue weighted by atomic mass is 10.4. The van der Waals surface area contributed by atoms with Crippen LogP contribution in [0.5, 0.6) is 5.75 Å². The number of carbonyl (C=O) groups excluding carboxylic acids is 1. The van der Waals surface area contributed by atoms with Gasteiger partial charge in [-0.15, -0.1) is 0 Å². The summed E-state index contributed by atoms with van der Waals surface area (Å²) in [4.78, 5) is 28.2. The van der Waals surface area contributed by atoms with Crippen molar-refractivity contribution in [3.8, 4) is 11.4 Å². The van der Waals surface area contributed by atoms with E-state index in [4.69, 9.17) is 4.74 Å². The number of fused-ring (bicyclic) bond motifs is 1. The first-order valence-electron chi connectivity index (χ1n) is 6.54. The Morgan fingerprint density at radius 2 is 2.23 bits per heavy atom. The molecule has 1 N–H and O–H groups in total. The summed E-state index contributed by atoms with van der Waals surface area (Å²) in [5.74, 6) is -1.12. The first-order valence-corrected chi connectivity index (χ1v) is 6.54. The van der Waals surface area contributed by atoms with Gasteiger partial charge in [-0.1, -0.05) is 6.07 Å². The number of nitrogens with zero attached hydrogens (tertiary/aromatic N) is 4. The summed E-state index contributed by atoms with van der Waals surface area (Å²) in [6, 6.07) is 5.15. The Hall–Kier alpha value is -3.16. The highest BCUT2D eigenvalue weighted by molar-refractivity contribution is 5.90. The molecule has 0 spiro atoms. The van der Waals surface area contributed by atoms with Crippen LogP contribution in [0.2, 0.25) is 0 Å². The lowest BCUT2D eigenvalue weighted by Gasteiger charge is -2.03. The van der Waals surface area contributed by atoms with Gasteiger partial charge in [-0.2, -0.15) is 5.10 Å². The van der Waals surface area contributed by atoms with Crippen LogP contribution in [0.1, 0.15) is 17.4 Å². The van der Waals surface area contributed by atoms with Crippen LogP contribution in [0.4, 0.5) is 0 Å². The molecule has 0 saturated heterocycles. The number of aromatic nitrogens is 4. The number of aromatic hydroxyl groups is 1. The van der Waals surface area contributed by atoms with Crippen LogP contribution >= 0.6 is 0 Å². The van der Waals surface area contributed by atoms with Crippen molar-refractivity contribution in [3.05, 3.63) is 52.8 Å². The highest BCUT2D eigenvalue weighted by atomic mass is 16.5. The van der Waals surface area contributed by atoms with Gasteiger partial charge >= 0.3 is 5.97 Å². The molecule has 3 rings (SSSR count). The molecule has 3 heterocycles. The topological polar surface area (TPSA) is 98.7 Å². The molecule has 0 atom stereocenters. The van der Waals surface area contributed by atoms with Gasteiger partial charge in [0, 0.05) is 6.20 Å². The van der Waals surface area contributed by atoms with Crippen molar-refractivity contribution in [2.75, 3.05) is 6.61 Å². The van der Waals surface area contributed by atoms with Gasteiger partial charge in [0.1, 0.15) is 11.3 Å². The van der Waals surface area contributed by atoms with Crippen LogP contribution in [0.3, 0.4) is 0 Å². The largest absolute Gasteiger partial charge is 0.504 e. The molecule has 0 unspecified atom stereocenters. The van der Waals surface area contributed by atoms with Crippen LogP contribution < -0.4 is 5.56 Å². The van der Waals surface area contributed by atoms with E-state index in [2.05, 4.69) is 10.1 Å². The van der Waals surface area contributed by atoms with Crippen molar-refractivity contribution >= 4 is 11.6 Å². The van der Waals surface area contributed by atoms with E-state index in [9.17, 15) is 14.7 Å². The molecule has 112 valence electrons. The maximum Gasteiger partial charge on any atom is 0.362 e. The lowest BCUT2D eigenvalue weighted by molar-refractivity contribution is 0.0515. The summed E-state index contributed by atoms with van der Waals surface area (Å²) in [6.07, 6.45) is 4.07. The fraction of sp³-hybridized carbons (Fsp3) is 0.143. The Kier molecular flexibility index (Phi) is 3.34. The third-order valence-electron chi connectivity index (χ3n) is 3.01. The highest BCUT2D eigenvalue weighted by Gasteiger charge is 2.19. The van der Waals surface area contributed by atoms with E-state index < -0.39 is 5.97 Å². The van der Waals surface area contributed by atoms with Gasteiger partial charge < -0.3 is 9.84 Å². The first kappa shape index (κ1) is 13.8. The lowest BCUT2D eigenvalue weighted by Crippen LogP contribution is -2.20. The zero-order chi connectivity index (χ0) is 15.7. The van der Waals surface area contributed by atoms with Crippen molar-refractivity contribution in [1.82, 2.24) is 19.2 Å². The number of ether oxygens (including phenoxy) is 1. The van der Waals surface area contributed by atoms with Gasteiger partial charge in [0.2, 0.25) is 5.69 Å². The standard InChI is InChI=1S/C14H12N4O4/c1-2-22-14(21)12-10(19)8-18(16-12)9-7-15-11-5-3-4-6-17(11)13(9)20/h3-8,19H,2H2,1H3. The Bertz CT molecular complexity index is 913. The van der Waals surface area contributed by atoms with E-state index in [-0.39, 0.29) is 29.3 Å². The summed E-state index contributed by atoms with van der Waals surface area (Å²) in [5, 5.41) is 13.7. The van der Waals surface area contributed by atoms with Crippen LogP contribution in [-0.2, 0) is 4.74 Å². The molecule has 8 heteroatoms. The number of pyridine rings is 1. The molecule has 0 aliphatic heterocycles. The second kappa shape index (κ2) is 5.32. The average Bonchev–Trinajstić information content (AvgIpc) is 2.90. The van der Waals surface area contributed by atoms with E-state index in [1.807, 2.05) is 0 Å². The fourth-order valence-corrected chi connectivity index (χ4v) is 2.01. The number of esters is 1. The summed E-state index contributed by atoms with van der Waals surface area (Å²) in [7, 11) is 0. The van der Waals surface area contributed by atoms with E-state index >= 15 is 0 Å². The second-order valence-corrected chi connectivity index (χ2v) is 4.41. The SMILES string of the molecule is CCOC(=O)c1nn(-c2cnc3ccccn3c2=O)cc1O. The fourth-order valence-electron chi connectivity index (χ4n) is 2.01. The monoisotopic (exact) mass is 300 g/mol. The normalized spacial score (nSPS) is 10.8. The molecule has 0 bridgehead atoms. The van der Waals surface area contributed by atoms with Crippen molar-refractivity contribution in [2.45, 2.75) is 6.92 Å². The molecule has 3 aromatic rings. The third-order valence-corrected chi connectivity index (χ3v) is 3.01. The minimum absolute atomic E-state index is 0.106. The molecule has 0 radical (unpaired) electrons. The molecule has 0 aromatic carbocycles. The van der Waals surface area contributed by atoms with Crippen molar-refractivity contribution in [2.24, 2.45) is 0 Å². The zero-order valence-corrected chi connectivity index (χ0v) is 11.6. The Morgan fingerprint density at radius 1 is 1.41 bits per heavy atom. The number of carbonyl (C=O) groups is 1. The molecule has 0 aliphatic carbocycles. The minimum atomic E-state index is -0.757. The molecule has 0 fully saturated rings. The summed E-state index contributed by atoms with van der Waals surface area (Å²) in [6.45, 7) is 1.80. The highest BCUT2D eigenvalue weighted by Crippen LogP contribution is 2.17. The molecule has 3 aromatic heterocycles.